The van der Waals surface area contributed by atoms with E-state index >= 15 is 0 Å². The van der Waals surface area contributed by atoms with Gasteiger partial charge < -0.3 is 25.3 Å². The molecule has 2 fully saturated rings. The van der Waals surface area contributed by atoms with E-state index in [0.29, 0.717) is 13.1 Å². The second-order valence-electron chi connectivity index (χ2n) is 8.26. The molecular weight excluding hydrogens is 513 g/mol. The fourth-order valence-electron chi connectivity index (χ4n) is 4.19. The highest BCUT2D eigenvalue weighted by Crippen LogP contribution is 2.26. The van der Waals surface area contributed by atoms with Crippen LogP contribution in [0.1, 0.15) is 26.2 Å². The van der Waals surface area contributed by atoms with Crippen molar-refractivity contribution in [3.63, 3.8) is 0 Å². The lowest BCUT2D eigenvalue weighted by molar-refractivity contribution is 0.275. The van der Waals surface area contributed by atoms with Gasteiger partial charge in [0.1, 0.15) is 17.3 Å². The fraction of sp³-hybridized carbons (Fsp3) is 0.682. The summed E-state index contributed by atoms with van der Waals surface area (Å²) in [5, 5.41) is 6.73. The van der Waals surface area contributed by atoms with Crippen molar-refractivity contribution < 1.29 is 8.78 Å². The van der Waals surface area contributed by atoms with Crippen LogP contribution in [0.2, 0.25) is 0 Å². The van der Waals surface area contributed by atoms with Crippen molar-refractivity contribution in [2.75, 3.05) is 70.9 Å². The van der Waals surface area contributed by atoms with Crippen LogP contribution in [0.15, 0.2) is 23.2 Å². The number of nitrogens with one attached hydrogen (secondary N) is 2. The molecule has 0 bridgehead atoms. The lowest BCUT2D eigenvalue weighted by Crippen LogP contribution is -2.44. The molecule has 2 aliphatic heterocycles. The van der Waals surface area contributed by atoms with Gasteiger partial charge in [0.25, 0.3) is 0 Å². The summed E-state index contributed by atoms with van der Waals surface area (Å²) in [7, 11) is 2.19. The highest BCUT2D eigenvalue weighted by molar-refractivity contribution is 14.0. The molecule has 2 aliphatic rings. The first-order valence-electron chi connectivity index (χ1n) is 11.2. The average Bonchev–Trinajstić information content (AvgIpc) is 3.06. The van der Waals surface area contributed by atoms with Crippen LogP contribution in [0, 0.1) is 11.6 Å². The summed E-state index contributed by atoms with van der Waals surface area (Å²) in [4.78, 5) is 11.4. The van der Waals surface area contributed by atoms with E-state index < -0.39 is 11.6 Å². The van der Waals surface area contributed by atoms with Crippen LogP contribution in [-0.2, 0) is 0 Å². The molecule has 2 saturated heterocycles. The second-order valence-corrected chi connectivity index (χ2v) is 8.26. The summed E-state index contributed by atoms with van der Waals surface area (Å²) in [5.74, 6) is -0.221. The molecule has 0 spiro atoms. The maximum Gasteiger partial charge on any atom is 0.191 e. The summed E-state index contributed by atoms with van der Waals surface area (Å²) in [5.41, 5.74) is 0.0758. The molecule has 0 radical (unpaired) electrons. The lowest BCUT2D eigenvalue weighted by Gasteiger charge is -2.21. The summed E-state index contributed by atoms with van der Waals surface area (Å²) in [6.07, 6.45) is 3.07. The standard InChI is InChI=1S/C22H36F2N6.HI/c1-3-25-22(26-10-5-12-29-13-6-11-28(2)15-16-29)27-18-9-14-30(17-18)21-19(23)7-4-8-20(21)24;/h4,7-8,18H,3,5-6,9-17H2,1-2H3,(H2,25,26,27);1H. The van der Waals surface area contributed by atoms with Gasteiger partial charge in [0.05, 0.1) is 0 Å². The first-order valence-corrected chi connectivity index (χ1v) is 11.2. The van der Waals surface area contributed by atoms with Crippen molar-refractivity contribution in [3.05, 3.63) is 29.8 Å². The van der Waals surface area contributed by atoms with E-state index in [-0.39, 0.29) is 35.7 Å². The predicted octanol–water partition coefficient (Wildman–Crippen LogP) is 2.74. The predicted molar refractivity (Wildman–Crippen MR) is 135 cm³/mol. The number of likely N-dealkylation sites (N-methyl/N-ethyl adjacent to an activating group) is 1. The second kappa shape index (κ2) is 13.4. The third kappa shape index (κ3) is 8.02. The number of aliphatic imine (C=N–C) groups is 1. The Morgan fingerprint density at radius 3 is 2.65 bits per heavy atom. The first kappa shape index (κ1) is 26.1. The summed E-state index contributed by atoms with van der Waals surface area (Å²) in [6.45, 7) is 10.4. The minimum Gasteiger partial charge on any atom is -0.365 e. The van der Waals surface area contributed by atoms with Gasteiger partial charge in [-0.3, -0.25) is 4.99 Å². The number of hydrogen-bond donors (Lipinski definition) is 2. The summed E-state index contributed by atoms with van der Waals surface area (Å²) >= 11 is 0. The smallest absolute Gasteiger partial charge is 0.191 e. The Labute approximate surface area is 202 Å². The number of halogens is 3. The summed E-state index contributed by atoms with van der Waals surface area (Å²) < 4.78 is 28.1. The van der Waals surface area contributed by atoms with Crippen molar-refractivity contribution >= 4 is 35.6 Å². The molecule has 9 heteroatoms. The van der Waals surface area contributed by atoms with E-state index in [9.17, 15) is 8.78 Å². The van der Waals surface area contributed by atoms with Gasteiger partial charge in [0, 0.05) is 45.3 Å². The molecular formula is C22H37F2IN6. The van der Waals surface area contributed by atoms with Crippen LogP contribution in [0.5, 0.6) is 0 Å². The zero-order chi connectivity index (χ0) is 21.3. The molecule has 1 atom stereocenters. The number of anilines is 1. The van der Waals surface area contributed by atoms with Gasteiger partial charge in [0.2, 0.25) is 0 Å². The lowest BCUT2D eigenvalue weighted by atomic mass is 10.2. The normalized spacial score (nSPS) is 21.0. The Bertz CT molecular complexity index is 684. The van der Waals surface area contributed by atoms with Crippen LogP contribution >= 0.6 is 24.0 Å². The number of hydrogen-bond acceptors (Lipinski definition) is 4. The third-order valence-corrected chi connectivity index (χ3v) is 5.84. The first-order chi connectivity index (χ1) is 14.6. The average molecular weight is 550 g/mol. The molecule has 0 saturated carbocycles. The van der Waals surface area contributed by atoms with Crippen molar-refractivity contribution in [3.8, 4) is 0 Å². The number of nitrogens with zero attached hydrogens (tertiary/aromatic N) is 4. The van der Waals surface area contributed by atoms with Crippen LogP contribution in [-0.4, -0.2) is 87.8 Å². The third-order valence-electron chi connectivity index (χ3n) is 5.84. The number of guanidine groups is 1. The summed E-state index contributed by atoms with van der Waals surface area (Å²) in [6, 6.07) is 4.14. The van der Waals surface area contributed by atoms with Crippen molar-refractivity contribution in [1.29, 1.82) is 0 Å². The minimum atomic E-state index is -0.504. The molecule has 1 aromatic rings. The van der Waals surface area contributed by atoms with Gasteiger partial charge in [0.15, 0.2) is 5.96 Å². The van der Waals surface area contributed by atoms with Gasteiger partial charge >= 0.3 is 0 Å². The fourth-order valence-corrected chi connectivity index (χ4v) is 4.19. The maximum atomic E-state index is 14.1. The van der Waals surface area contributed by atoms with Crippen LogP contribution in [0.25, 0.3) is 0 Å². The Balaban J connectivity index is 0.00000341. The van der Waals surface area contributed by atoms with Crippen LogP contribution in [0.4, 0.5) is 14.5 Å². The van der Waals surface area contributed by atoms with Gasteiger partial charge in [-0.25, -0.2) is 8.78 Å². The molecule has 1 aromatic carbocycles. The van der Waals surface area contributed by atoms with E-state index in [1.807, 2.05) is 6.92 Å². The monoisotopic (exact) mass is 550 g/mol. The van der Waals surface area contributed by atoms with Crippen LogP contribution < -0.4 is 15.5 Å². The molecule has 0 amide bonds. The molecule has 2 N–H and O–H groups in total. The Morgan fingerprint density at radius 2 is 1.90 bits per heavy atom. The van der Waals surface area contributed by atoms with Gasteiger partial charge in [-0.1, -0.05) is 6.07 Å². The zero-order valence-electron chi connectivity index (χ0n) is 18.7. The van der Waals surface area contributed by atoms with Crippen molar-refractivity contribution in [2.24, 2.45) is 4.99 Å². The van der Waals surface area contributed by atoms with E-state index in [0.717, 1.165) is 58.1 Å². The van der Waals surface area contributed by atoms with Gasteiger partial charge in [-0.05, 0) is 65.0 Å². The molecule has 0 aliphatic carbocycles. The molecule has 0 aromatic heterocycles. The molecule has 2 heterocycles. The van der Waals surface area contributed by atoms with Crippen LogP contribution in [0.3, 0.4) is 0 Å². The quantitative estimate of drug-likeness (QED) is 0.237. The Hall–Kier alpha value is -1.20. The highest BCUT2D eigenvalue weighted by Gasteiger charge is 2.27. The minimum absolute atomic E-state index is 0. The number of para-hydroxylation sites is 1. The van der Waals surface area contributed by atoms with Crippen molar-refractivity contribution in [1.82, 2.24) is 20.4 Å². The molecule has 176 valence electrons. The van der Waals surface area contributed by atoms with E-state index in [1.165, 1.54) is 31.2 Å². The van der Waals surface area contributed by atoms with Crippen molar-refractivity contribution in [2.45, 2.75) is 32.2 Å². The number of benzene rings is 1. The highest BCUT2D eigenvalue weighted by atomic mass is 127. The number of rotatable bonds is 7. The SMILES string of the molecule is CCNC(=NCCCN1CCCN(C)CC1)NC1CCN(c2c(F)cccc2F)C1.I. The molecule has 1 unspecified atom stereocenters. The van der Waals surface area contributed by atoms with E-state index in [1.54, 1.807) is 4.90 Å². The van der Waals surface area contributed by atoms with Gasteiger partial charge in [-0.15, -0.1) is 24.0 Å². The Kier molecular flexibility index (Phi) is 11.2. The molecule has 31 heavy (non-hydrogen) atoms. The zero-order valence-corrected chi connectivity index (χ0v) is 21.1. The Morgan fingerprint density at radius 1 is 1.13 bits per heavy atom. The molecule has 3 rings (SSSR count). The molecule has 6 nitrogen and oxygen atoms in total. The topological polar surface area (TPSA) is 46.1 Å². The maximum absolute atomic E-state index is 14.1. The van der Waals surface area contributed by atoms with E-state index in [4.69, 9.17) is 4.99 Å². The largest absolute Gasteiger partial charge is 0.365 e. The van der Waals surface area contributed by atoms with E-state index in [2.05, 4.69) is 27.5 Å². The van der Waals surface area contributed by atoms with Gasteiger partial charge in [-0.2, -0.15) is 0 Å².